The van der Waals surface area contributed by atoms with Gasteiger partial charge in [0.25, 0.3) is 0 Å². The van der Waals surface area contributed by atoms with Crippen LogP contribution in [-0.2, 0) is 4.79 Å². The molecule has 3 aromatic rings. The number of aliphatic carboxylic acids is 1. The molecule has 0 aliphatic heterocycles. The highest BCUT2D eigenvalue weighted by atomic mass is 35.5. The summed E-state index contributed by atoms with van der Waals surface area (Å²) in [4.78, 5) is 11.8. The summed E-state index contributed by atoms with van der Waals surface area (Å²) >= 11 is 13.8. The molecule has 0 amide bonds. The van der Waals surface area contributed by atoms with Crippen molar-refractivity contribution < 1.29 is 14.6 Å². The van der Waals surface area contributed by atoms with Crippen LogP contribution in [0.5, 0.6) is 5.75 Å². The van der Waals surface area contributed by atoms with Gasteiger partial charge in [0.05, 0.1) is 0 Å². The fourth-order valence-corrected chi connectivity index (χ4v) is 4.03. The van der Waals surface area contributed by atoms with Crippen LogP contribution in [0.4, 0.5) is 0 Å². The van der Waals surface area contributed by atoms with Gasteiger partial charge in [-0.2, -0.15) is 0 Å². The zero-order valence-corrected chi connectivity index (χ0v) is 18.6. The molecule has 3 aromatic carbocycles. The molecule has 6 heteroatoms. The third-order valence-corrected chi connectivity index (χ3v) is 5.95. The smallest absolute Gasteiger partial charge is 0.341 e. The Kier molecular flexibility index (Phi) is 7.86. The van der Waals surface area contributed by atoms with Crippen LogP contribution in [0.25, 0.3) is 5.57 Å². The zero-order chi connectivity index (χ0) is 21.5. The number of halogens is 2. The lowest BCUT2D eigenvalue weighted by atomic mass is 9.98. The van der Waals surface area contributed by atoms with E-state index in [4.69, 9.17) is 33.0 Å². The van der Waals surface area contributed by atoms with Gasteiger partial charge in [-0.25, -0.2) is 4.79 Å². The fourth-order valence-electron chi connectivity index (χ4n) is 2.89. The van der Waals surface area contributed by atoms with Crippen LogP contribution >= 0.6 is 35.0 Å². The van der Waals surface area contributed by atoms with Crippen LogP contribution in [0.2, 0.25) is 10.0 Å². The Hall–Kier alpha value is -2.40. The third-order valence-electron chi connectivity index (χ3n) is 4.35. The van der Waals surface area contributed by atoms with Crippen molar-refractivity contribution in [3.05, 3.63) is 99.5 Å². The second-order valence-electron chi connectivity index (χ2n) is 6.55. The predicted molar refractivity (Wildman–Crippen MR) is 125 cm³/mol. The van der Waals surface area contributed by atoms with E-state index in [1.54, 1.807) is 17.8 Å². The Bertz CT molecular complexity index is 998. The average molecular weight is 459 g/mol. The van der Waals surface area contributed by atoms with E-state index in [0.717, 1.165) is 32.9 Å². The predicted octanol–water partition coefficient (Wildman–Crippen LogP) is 6.99. The molecule has 0 fully saturated rings. The molecule has 30 heavy (non-hydrogen) atoms. The molecule has 0 unspecified atom stereocenters. The maximum Gasteiger partial charge on any atom is 0.341 e. The van der Waals surface area contributed by atoms with E-state index in [0.29, 0.717) is 15.8 Å². The SMILES string of the molecule is Cc1cc(OCC(=O)O)ccc1SCC=C(c1ccc(Cl)cc1)c1ccc(Cl)cc1. The summed E-state index contributed by atoms with van der Waals surface area (Å²) in [6.07, 6.45) is 2.19. The van der Waals surface area contributed by atoms with Crippen molar-refractivity contribution in [1.29, 1.82) is 0 Å². The van der Waals surface area contributed by atoms with Crippen LogP contribution in [0.3, 0.4) is 0 Å². The minimum Gasteiger partial charge on any atom is -0.482 e. The molecule has 0 saturated carbocycles. The number of carboxylic acid groups (broad SMARTS) is 1. The van der Waals surface area contributed by atoms with Gasteiger partial charge in [0.2, 0.25) is 0 Å². The van der Waals surface area contributed by atoms with Crippen molar-refractivity contribution in [2.24, 2.45) is 0 Å². The Morgan fingerprint density at radius 2 is 1.53 bits per heavy atom. The van der Waals surface area contributed by atoms with E-state index in [9.17, 15) is 4.79 Å². The molecule has 0 aliphatic rings. The second kappa shape index (κ2) is 10.6. The van der Waals surface area contributed by atoms with E-state index in [1.165, 1.54) is 0 Å². The number of thioether (sulfide) groups is 1. The van der Waals surface area contributed by atoms with Crippen LogP contribution in [0.1, 0.15) is 16.7 Å². The molecule has 0 spiro atoms. The van der Waals surface area contributed by atoms with Gasteiger partial charge in [0, 0.05) is 20.7 Å². The number of carboxylic acids is 1. The highest BCUT2D eigenvalue weighted by Crippen LogP contribution is 2.30. The van der Waals surface area contributed by atoms with Gasteiger partial charge in [0.1, 0.15) is 5.75 Å². The van der Waals surface area contributed by atoms with Crippen molar-refractivity contribution >= 4 is 46.5 Å². The second-order valence-corrected chi connectivity index (χ2v) is 8.49. The lowest BCUT2D eigenvalue weighted by molar-refractivity contribution is -0.139. The normalized spacial score (nSPS) is 10.5. The molecule has 154 valence electrons. The third kappa shape index (κ3) is 6.30. The van der Waals surface area contributed by atoms with E-state index in [2.05, 4.69) is 6.08 Å². The molecule has 0 aliphatic carbocycles. The summed E-state index contributed by atoms with van der Waals surface area (Å²) in [6.45, 7) is 1.64. The van der Waals surface area contributed by atoms with Gasteiger partial charge in [-0.15, -0.1) is 11.8 Å². The van der Waals surface area contributed by atoms with Gasteiger partial charge in [0.15, 0.2) is 6.61 Å². The first-order valence-corrected chi connectivity index (χ1v) is 11.0. The molecular formula is C24H20Cl2O3S. The maximum atomic E-state index is 10.7. The van der Waals surface area contributed by atoms with Crippen molar-refractivity contribution in [2.45, 2.75) is 11.8 Å². The maximum absolute atomic E-state index is 10.7. The highest BCUT2D eigenvalue weighted by molar-refractivity contribution is 7.99. The van der Waals surface area contributed by atoms with E-state index in [-0.39, 0.29) is 6.61 Å². The Morgan fingerprint density at radius 1 is 0.967 bits per heavy atom. The highest BCUT2D eigenvalue weighted by Gasteiger charge is 2.07. The minimum atomic E-state index is -0.992. The minimum absolute atomic E-state index is 0.347. The van der Waals surface area contributed by atoms with Crippen LogP contribution in [0.15, 0.2) is 77.7 Å². The van der Waals surface area contributed by atoms with E-state index in [1.807, 2.05) is 67.6 Å². The number of rotatable bonds is 8. The van der Waals surface area contributed by atoms with E-state index >= 15 is 0 Å². The van der Waals surface area contributed by atoms with Gasteiger partial charge in [-0.3, -0.25) is 0 Å². The van der Waals surface area contributed by atoms with Gasteiger partial charge >= 0.3 is 5.97 Å². The lowest BCUT2D eigenvalue weighted by Crippen LogP contribution is -2.09. The summed E-state index contributed by atoms with van der Waals surface area (Å²) in [5.41, 5.74) is 4.30. The van der Waals surface area contributed by atoms with Crippen molar-refractivity contribution in [3.63, 3.8) is 0 Å². The topological polar surface area (TPSA) is 46.5 Å². The number of hydrogen-bond acceptors (Lipinski definition) is 3. The summed E-state index contributed by atoms with van der Waals surface area (Å²) in [7, 11) is 0. The molecule has 1 N–H and O–H groups in total. The molecule has 3 nitrogen and oxygen atoms in total. The van der Waals surface area contributed by atoms with Crippen molar-refractivity contribution in [2.75, 3.05) is 12.4 Å². The van der Waals surface area contributed by atoms with Crippen LogP contribution in [-0.4, -0.2) is 23.4 Å². The summed E-state index contributed by atoms with van der Waals surface area (Å²) < 4.78 is 5.24. The van der Waals surface area contributed by atoms with Gasteiger partial charge in [-0.1, -0.05) is 53.5 Å². The fraction of sp³-hybridized carbons (Fsp3) is 0.125. The summed E-state index contributed by atoms with van der Waals surface area (Å²) in [5, 5.41) is 10.1. The van der Waals surface area contributed by atoms with Crippen molar-refractivity contribution in [1.82, 2.24) is 0 Å². The number of aryl methyl sites for hydroxylation is 1. The summed E-state index contributed by atoms with van der Waals surface area (Å²) in [6, 6.07) is 21.2. The molecule has 0 aromatic heterocycles. The van der Waals surface area contributed by atoms with Crippen molar-refractivity contribution in [3.8, 4) is 5.75 Å². The molecular weight excluding hydrogens is 439 g/mol. The first-order chi connectivity index (χ1) is 14.4. The molecule has 0 saturated heterocycles. The quantitative estimate of drug-likeness (QED) is 0.369. The van der Waals surface area contributed by atoms with Crippen LogP contribution < -0.4 is 4.74 Å². The monoisotopic (exact) mass is 458 g/mol. The number of benzene rings is 3. The van der Waals surface area contributed by atoms with E-state index < -0.39 is 5.97 Å². The molecule has 0 heterocycles. The number of hydrogen-bond donors (Lipinski definition) is 1. The summed E-state index contributed by atoms with van der Waals surface area (Å²) in [5.74, 6) is 0.322. The molecule has 0 atom stereocenters. The van der Waals surface area contributed by atoms with Gasteiger partial charge < -0.3 is 9.84 Å². The standard InChI is InChI=1S/C24H20Cl2O3S/c1-16-14-21(29-15-24(27)28)10-11-23(16)30-13-12-22(17-2-6-19(25)7-3-17)18-4-8-20(26)9-5-18/h2-12,14H,13,15H2,1H3,(H,27,28). The number of carbonyl (C=O) groups is 1. The zero-order valence-electron chi connectivity index (χ0n) is 16.3. The molecule has 3 rings (SSSR count). The Labute approximate surface area is 190 Å². The molecule has 0 bridgehead atoms. The lowest BCUT2D eigenvalue weighted by Gasteiger charge is -2.11. The first kappa shape index (κ1) is 22.3. The largest absolute Gasteiger partial charge is 0.482 e. The van der Waals surface area contributed by atoms with Gasteiger partial charge in [-0.05, 0) is 71.7 Å². The average Bonchev–Trinajstić information content (AvgIpc) is 2.72. The Balaban J connectivity index is 1.78. The van der Waals surface area contributed by atoms with Crippen LogP contribution in [0, 0.1) is 6.92 Å². The first-order valence-electron chi connectivity index (χ1n) is 9.22. The Morgan fingerprint density at radius 3 is 2.03 bits per heavy atom. The number of ether oxygens (including phenoxy) is 1. The molecule has 0 radical (unpaired) electrons.